The predicted molar refractivity (Wildman–Crippen MR) is 72.8 cm³/mol. The van der Waals surface area contributed by atoms with Gasteiger partial charge in [0.15, 0.2) is 9.84 Å². The fourth-order valence-corrected chi connectivity index (χ4v) is 4.42. The summed E-state index contributed by atoms with van der Waals surface area (Å²) in [5.41, 5.74) is -0.171. The summed E-state index contributed by atoms with van der Waals surface area (Å²) in [5.74, 6) is -0.117. The summed E-state index contributed by atoms with van der Waals surface area (Å²) in [5, 5.41) is 2.80. The molecule has 1 aliphatic rings. The Morgan fingerprint density at radius 1 is 1.44 bits per heavy atom. The Kier molecular flexibility index (Phi) is 3.42. The molecule has 4 nitrogen and oxygen atoms in total. The van der Waals surface area contributed by atoms with Gasteiger partial charge < -0.3 is 5.32 Å². The van der Waals surface area contributed by atoms with Crippen LogP contribution in [0.5, 0.6) is 0 Å². The SMILES string of the molecule is CC1(NC(=O)c2cccc(S)c2)CCS(=O)(=O)C1. The first-order valence-electron chi connectivity index (χ1n) is 5.62. The van der Waals surface area contributed by atoms with E-state index in [4.69, 9.17) is 0 Å². The molecule has 0 spiro atoms. The van der Waals surface area contributed by atoms with Crippen molar-refractivity contribution in [1.82, 2.24) is 5.32 Å². The molecule has 1 N–H and O–H groups in total. The second-order valence-electron chi connectivity index (χ2n) is 4.91. The van der Waals surface area contributed by atoms with Gasteiger partial charge in [-0.05, 0) is 31.5 Å². The molecular weight excluding hydrogens is 270 g/mol. The summed E-state index contributed by atoms with van der Waals surface area (Å²) in [4.78, 5) is 12.7. The largest absolute Gasteiger partial charge is 0.346 e. The molecule has 1 saturated heterocycles. The lowest BCUT2D eigenvalue weighted by molar-refractivity contribution is 0.0915. The van der Waals surface area contributed by atoms with Crippen LogP contribution in [0.1, 0.15) is 23.7 Å². The van der Waals surface area contributed by atoms with E-state index in [9.17, 15) is 13.2 Å². The summed E-state index contributed by atoms with van der Waals surface area (Å²) in [6.07, 6.45) is 0.460. The highest BCUT2D eigenvalue weighted by Crippen LogP contribution is 2.23. The van der Waals surface area contributed by atoms with Crippen molar-refractivity contribution in [3.63, 3.8) is 0 Å². The van der Waals surface area contributed by atoms with E-state index in [1.54, 1.807) is 31.2 Å². The molecular formula is C12H15NO3S2. The van der Waals surface area contributed by atoms with Crippen molar-refractivity contribution in [1.29, 1.82) is 0 Å². The van der Waals surface area contributed by atoms with Crippen molar-refractivity contribution in [3.05, 3.63) is 29.8 Å². The lowest BCUT2D eigenvalue weighted by Gasteiger charge is -2.23. The molecule has 1 unspecified atom stereocenters. The lowest BCUT2D eigenvalue weighted by atomic mass is 10.0. The van der Waals surface area contributed by atoms with Crippen LogP contribution >= 0.6 is 12.6 Å². The summed E-state index contributed by atoms with van der Waals surface area (Å²) in [7, 11) is -3.02. The third kappa shape index (κ3) is 3.05. The molecule has 1 amide bonds. The molecule has 0 aromatic heterocycles. The zero-order valence-corrected chi connectivity index (χ0v) is 11.7. The van der Waals surface area contributed by atoms with Crippen LogP contribution < -0.4 is 5.32 Å². The highest BCUT2D eigenvalue weighted by Gasteiger charge is 2.39. The third-order valence-corrected chi connectivity index (χ3v) is 5.21. The van der Waals surface area contributed by atoms with Gasteiger partial charge in [0.2, 0.25) is 0 Å². The van der Waals surface area contributed by atoms with E-state index >= 15 is 0 Å². The summed E-state index contributed by atoms with van der Waals surface area (Å²) >= 11 is 4.17. The van der Waals surface area contributed by atoms with Crippen molar-refractivity contribution < 1.29 is 13.2 Å². The number of carbonyl (C=O) groups is 1. The fraction of sp³-hybridized carbons (Fsp3) is 0.417. The molecule has 18 heavy (non-hydrogen) atoms. The highest BCUT2D eigenvalue weighted by atomic mass is 32.2. The molecule has 0 bridgehead atoms. The molecule has 0 radical (unpaired) electrons. The summed E-state index contributed by atoms with van der Waals surface area (Å²) in [6, 6.07) is 6.86. The first-order chi connectivity index (χ1) is 8.30. The van der Waals surface area contributed by atoms with Crippen molar-refractivity contribution in [2.75, 3.05) is 11.5 Å². The molecule has 0 aliphatic carbocycles. The van der Waals surface area contributed by atoms with Gasteiger partial charge in [-0.15, -0.1) is 12.6 Å². The average molecular weight is 285 g/mol. The number of carbonyl (C=O) groups excluding carboxylic acids is 1. The van der Waals surface area contributed by atoms with E-state index in [-0.39, 0.29) is 17.4 Å². The number of thiol groups is 1. The number of sulfone groups is 1. The maximum absolute atomic E-state index is 12.0. The number of nitrogens with one attached hydrogen (secondary N) is 1. The minimum Gasteiger partial charge on any atom is -0.346 e. The van der Waals surface area contributed by atoms with Gasteiger partial charge in [0.05, 0.1) is 17.0 Å². The zero-order valence-electron chi connectivity index (χ0n) is 10.0. The number of benzene rings is 1. The van der Waals surface area contributed by atoms with Crippen LogP contribution in [0.15, 0.2) is 29.2 Å². The minimum absolute atomic E-state index is 0.00626. The maximum atomic E-state index is 12.0. The number of rotatable bonds is 2. The van der Waals surface area contributed by atoms with Gasteiger partial charge in [0.25, 0.3) is 5.91 Å². The van der Waals surface area contributed by atoms with Gasteiger partial charge in [-0.25, -0.2) is 8.42 Å². The number of hydrogen-bond donors (Lipinski definition) is 2. The van der Waals surface area contributed by atoms with Gasteiger partial charge in [-0.3, -0.25) is 4.79 Å². The average Bonchev–Trinajstić information content (AvgIpc) is 2.52. The van der Waals surface area contributed by atoms with Crippen LogP contribution in [0.3, 0.4) is 0 Å². The van der Waals surface area contributed by atoms with Crippen molar-refractivity contribution in [3.8, 4) is 0 Å². The van der Waals surface area contributed by atoms with E-state index in [1.165, 1.54) is 0 Å². The molecule has 6 heteroatoms. The summed E-state index contributed by atoms with van der Waals surface area (Å²) < 4.78 is 22.9. The molecule has 1 fully saturated rings. The fourth-order valence-electron chi connectivity index (χ4n) is 2.10. The van der Waals surface area contributed by atoms with Gasteiger partial charge in [-0.1, -0.05) is 6.07 Å². The van der Waals surface area contributed by atoms with Gasteiger partial charge in [0, 0.05) is 10.5 Å². The van der Waals surface area contributed by atoms with E-state index in [2.05, 4.69) is 17.9 Å². The monoisotopic (exact) mass is 285 g/mol. The maximum Gasteiger partial charge on any atom is 0.251 e. The molecule has 1 aromatic carbocycles. The molecule has 1 aromatic rings. The predicted octanol–water partition coefficient (Wildman–Crippen LogP) is 1.28. The normalized spacial score (nSPS) is 25.9. The van der Waals surface area contributed by atoms with Crippen molar-refractivity contribution in [2.45, 2.75) is 23.8 Å². The Balaban J connectivity index is 2.13. The van der Waals surface area contributed by atoms with Crippen LogP contribution in [0.4, 0.5) is 0 Å². The third-order valence-electron chi connectivity index (χ3n) is 3.03. The highest BCUT2D eigenvalue weighted by molar-refractivity contribution is 7.91. The summed E-state index contributed by atoms with van der Waals surface area (Å²) in [6.45, 7) is 1.76. The van der Waals surface area contributed by atoms with E-state index < -0.39 is 15.4 Å². The Morgan fingerprint density at radius 3 is 2.72 bits per heavy atom. The second kappa shape index (κ2) is 4.59. The topological polar surface area (TPSA) is 63.2 Å². The van der Waals surface area contributed by atoms with Gasteiger partial charge in [0.1, 0.15) is 0 Å². The van der Waals surface area contributed by atoms with E-state index in [1.807, 2.05) is 0 Å². The van der Waals surface area contributed by atoms with Crippen molar-refractivity contribution >= 4 is 28.4 Å². The zero-order chi connectivity index (χ0) is 13.4. The van der Waals surface area contributed by atoms with E-state index in [0.29, 0.717) is 16.9 Å². The standard InChI is InChI=1S/C12H15NO3S2/c1-12(5-6-18(15,16)8-12)13-11(14)9-3-2-4-10(17)7-9/h2-4,7,17H,5-6,8H2,1H3,(H,13,14). The van der Waals surface area contributed by atoms with Gasteiger partial charge in [-0.2, -0.15) is 0 Å². The Hall–Kier alpha value is -1.01. The quantitative estimate of drug-likeness (QED) is 0.805. The second-order valence-corrected chi connectivity index (χ2v) is 7.61. The van der Waals surface area contributed by atoms with Crippen LogP contribution in [0.25, 0.3) is 0 Å². The Morgan fingerprint density at radius 2 is 2.17 bits per heavy atom. The smallest absolute Gasteiger partial charge is 0.251 e. The lowest BCUT2D eigenvalue weighted by Crippen LogP contribution is -2.46. The van der Waals surface area contributed by atoms with Gasteiger partial charge >= 0.3 is 0 Å². The van der Waals surface area contributed by atoms with Crippen LogP contribution in [0, 0.1) is 0 Å². The van der Waals surface area contributed by atoms with Crippen LogP contribution in [-0.2, 0) is 9.84 Å². The molecule has 1 heterocycles. The number of amides is 1. The molecule has 98 valence electrons. The molecule has 1 atom stereocenters. The van der Waals surface area contributed by atoms with Crippen molar-refractivity contribution in [2.24, 2.45) is 0 Å². The molecule has 0 saturated carbocycles. The first kappa shape index (κ1) is 13.4. The number of hydrogen-bond acceptors (Lipinski definition) is 4. The Bertz CT molecular complexity index is 583. The molecule has 2 rings (SSSR count). The Labute approximate surface area is 112 Å². The van der Waals surface area contributed by atoms with E-state index in [0.717, 1.165) is 0 Å². The van der Waals surface area contributed by atoms with Crippen LogP contribution in [0.2, 0.25) is 0 Å². The minimum atomic E-state index is -3.02. The van der Waals surface area contributed by atoms with Crippen LogP contribution in [-0.4, -0.2) is 31.4 Å². The molecule has 1 aliphatic heterocycles. The first-order valence-corrected chi connectivity index (χ1v) is 7.89.